The summed E-state index contributed by atoms with van der Waals surface area (Å²) >= 11 is 5.79. The number of hydrogen-bond acceptors (Lipinski definition) is 3. The van der Waals surface area contributed by atoms with Crippen molar-refractivity contribution in [3.8, 4) is 0 Å². The molecule has 0 aromatic heterocycles. The van der Waals surface area contributed by atoms with E-state index >= 15 is 0 Å². The Hall–Kier alpha value is -1.11. The third-order valence-electron chi connectivity index (χ3n) is 2.85. The Morgan fingerprint density at radius 1 is 1.44 bits per heavy atom. The molecular weight excluding hydrogens is 276 g/mol. The maximum atomic E-state index is 12.4. The molecule has 0 radical (unpaired) electrons. The Labute approximate surface area is 111 Å². The van der Waals surface area contributed by atoms with Gasteiger partial charge in [-0.3, -0.25) is 4.79 Å². The molecule has 1 heterocycles. The van der Waals surface area contributed by atoms with Gasteiger partial charge in [-0.15, -0.1) is 0 Å². The van der Waals surface area contributed by atoms with Crippen LogP contribution in [-0.4, -0.2) is 37.8 Å². The maximum absolute atomic E-state index is 12.4. The van der Waals surface area contributed by atoms with Crippen molar-refractivity contribution < 1.29 is 13.2 Å². The van der Waals surface area contributed by atoms with E-state index < -0.39 is 16.1 Å². The molecule has 1 unspecified atom stereocenters. The Balaban J connectivity index is 2.39. The van der Waals surface area contributed by atoms with Gasteiger partial charge in [-0.25, -0.2) is 8.42 Å². The molecule has 1 aliphatic rings. The van der Waals surface area contributed by atoms with Crippen LogP contribution < -0.4 is 5.32 Å². The number of nitrogens with zero attached hydrogens (tertiary/aromatic N) is 1. The minimum Gasteiger partial charge on any atom is -0.353 e. The highest BCUT2D eigenvalue weighted by atomic mass is 35.5. The predicted octanol–water partition coefficient (Wildman–Crippen LogP) is 0.849. The van der Waals surface area contributed by atoms with Crippen LogP contribution in [0.2, 0.25) is 5.02 Å². The van der Waals surface area contributed by atoms with Crippen LogP contribution in [0.5, 0.6) is 0 Å². The fraction of sp³-hybridized carbons (Fsp3) is 0.364. The molecule has 1 amide bonds. The van der Waals surface area contributed by atoms with E-state index in [1.165, 1.54) is 16.4 Å². The van der Waals surface area contributed by atoms with Gasteiger partial charge in [0.15, 0.2) is 0 Å². The SMILES string of the molecule is CC1C(=O)NCCN1S(=O)(=O)c1cccc(Cl)c1. The molecule has 1 saturated heterocycles. The van der Waals surface area contributed by atoms with Crippen LogP contribution in [-0.2, 0) is 14.8 Å². The number of rotatable bonds is 2. The fourth-order valence-electron chi connectivity index (χ4n) is 1.85. The number of nitrogens with one attached hydrogen (secondary N) is 1. The van der Waals surface area contributed by atoms with Crippen LogP contribution in [0.4, 0.5) is 0 Å². The lowest BCUT2D eigenvalue weighted by atomic mass is 10.2. The highest BCUT2D eigenvalue weighted by Gasteiger charge is 2.35. The highest BCUT2D eigenvalue weighted by Crippen LogP contribution is 2.22. The van der Waals surface area contributed by atoms with Crippen LogP contribution in [0.3, 0.4) is 0 Å². The summed E-state index contributed by atoms with van der Waals surface area (Å²) in [5.41, 5.74) is 0. The molecular formula is C11H13ClN2O3S. The second kappa shape index (κ2) is 4.87. The van der Waals surface area contributed by atoms with Gasteiger partial charge in [-0.2, -0.15) is 4.31 Å². The summed E-state index contributed by atoms with van der Waals surface area (Å²) in [7, 11) is -3.68. The Morgan fingerprint density at radius 3 is 2.83 bits per heavy atom. The van der Waals surface area contributed by atoms with Crippen molar-refractivity contribution in [3.05, 3.63) is 29.3 Å². The van der Waals surface area contributed by atoms with Crippen molar-refractivity contribution >= 4 is 27.5 Å². The Morgan fingerprint density at radius 2 is 2.17 bits per heavy atom. The molecule has 98 valence electrons. The van der Waals surface area contributed by atoms with Crippen molar-refractivity contribution in [1.82, 2.24) is 9.62 Å². The van der Waals surface area contributed by atoms with E-state index in [-0.39, 0.29) is 17.3 Å². The van der Waals surface area contributed by atoms with Crippen molar-refractivity contribution in [3.63, 3.8) is 0 Å². The number of carbonyl (C=O) groups excluding carboxylic acids is 1. The lowest BCUT2D eigenvalue weighted by molar-refractivity contribution is -0.126. The van der Waals surface area contributed by atoms with Gasteiger partial charge in [0, 0.05) is 18.1 Å². The molecule has 18 heavy (non-hydrogen) atoms. The minimum absolute atomic E-state index is 0.108. The average Bonchev–Trinajstić information content (AvgIpc) is 2.32. The average molecular weight is 289 g/mol. The third kappa shape index (κ3) is 2.36. The number of halogens is 1. The van der Waals surface area contributed by atoms with Gasteiger partial charge in [-0.1, -0.05) is 17.7 Å². The summed E-state index contributed by atoms with van der Waals surface area (Å²) in [5.74, 6) is -0.285. The smallest absolute Gasteiger partial charge is 0.243 e. The minimum atomic E-state index is -3.68. The van der Waals surface area contributed by atoms with Crippen molar-refractivity contribution in [2.45, 2.75) is 17.9 Å². The summed E-state index contributed by atoms with van der Waals surface area (Å²) in [5, 5.41) is 2.98. The lowest BCUT2D eigenvalue weighted by Crippen LogP contribution is -2.55. The predicted molar refractivity (Wildman–Crippen MR) is 67.8 cm³/mol. The van der Waals surface area contributed by atoms with E-state index in [2.05, 4.69) is 5.32 Å². The zero-order valence-electron chi connectivity index (χ0n) is 9.76. The summed E-state index contributed by atoms with van der Waals surface area (Å²) in [6.07, 6.45) is 0. The van der Waals surface area contributed by atoms with Gasteiger partial charge in [0.05, 0.1) is 4.90 Å². The molecule has 0 bridgehead atoms. The van der Waals surface area contributed by atoms with E-state index in [9.17, 15) is 13.2 Å². The highest BCUT2D eigenvalue weighted by molar-refractivity contribution is 7.89. The molecule has 0 aliphatic carbocycles. The molecule has 7 heteroatoms. The normalized spacial score (nSPS) is 21.7. The quantitative estimate of drug-likeness (QED) is 0.877. The van der Waals surface area contributed by atoms with Gasteiger partial charge < -0.3 is 5.32 Å². The molecule has 1 atom stereocenters. The number of hydrogen-bond donors (Lipinski definition) is 1. The summed E-state index contributed by atoms with van der Waals surface area (Å²) in [4.78, 5) is 11.6. The van der Waals surface area contributed by atoms with E-state index in [1.54, 1.807) is 19.1 Å². The molecule has 1 aromatic carbocycles. The number of amides is 1. The van der Waals surface area contributed by atoms with E-state index in [0.717, 1.165) is 0 Å². The maximum Gasteiger partial charge on any atom is 0.243 e. The molecule has 2 rings (SSSR count). The Kier molecular flexibility index (Phi) is 3.61. The first-order valence-electron chi connectivity index (χ1n) is 5.48. The first-order valence-corrected chi connectivity index (χ1v) is 7.30. The van der Waals surface area contributed by atoms with Crippen molar-refractivity contribution in [2.75, 3.05) is 13.1 Å². The van der Waals surface area contributed by atoms with Gasteiger partial charge in [0.2, 0.25) is 15.9 Å². The summed E-state index contributed by atoms with van der Waals surface area (Å²) < 4.78 is 26.0. The second-order valence-corrected chi connectivity index (χ2v) is 6.37. The van der Waals surface area contributed by atoms with Gasteiger partial charge in [-0.05, 0) is 25.1 Å². The number of piperazine rings is 1. The Bertz CT molecular complexity index is 573. The van der Waals surface area contributed by atoms with Crippen LogP contribution in [0.15, 0.2) is 29.2 Å². The van der Waals surface area contributed by atoms with Gasteiger partial charge >= 0.3 is 0 Å². The molecule has 1 fully saturated rings. The summed E-state index contributed by atoms with van der Waals surface area (Å²) in [6, 6.07) is 5.33. The van der Waals surface area contributed by atoms with E-state index in [1.807, 2.05) is 0 Å². The van der Waals surface area contributed by atoms with Crippen LogP contribution in [0.1, 0.15) is 6.92 Å². The van der Waals surface area contributed by atoms with Crippen molar-refractivity contribution in [1.29, 1.82) is 0 Å². The zero-order valence-corrected chi connectivity index (χ0v) is 11.3. The van der Waals surface area contributed by atoms with E-state index in [4.69, 9.17) is 11.6 Å². The first kappa shape index (κ1) is 13.3. The number of sulfonamides is 1. The van der Waals surface area contributed by atoms with Gasteiger partial charge in [0.25, 0.3) is 0 Å². The molecule has 1 N–H and O–H groups in total. The number of carbonyl (C=O) groups is 1. The van der Waals surface area contributed by atoms with Gasteiger partial charge in [0.1, 0.15) is 6.04 Å². The molecule has 0 saturated carbocycles. The van der Waals surface area contributed by atoms with Crippen LogP contribution in [0.25, 0.3) is 0 Å². The molecule has 1 aromatic rings. The number of benzene rings is 1. The van der Waals surface area contributed by atoms with Crippen molar-refractivity contribution in [2.24, 2.45) is 0 Å². The first-order chi connectivity index (χ1) is 8.43. The lowest BCUT2D eigenvalue weighted by Gasteiger charge is -2.31. The zero-order chi connectivity index (χ0) is 13.3. The third-order valence-corrected chi connectivity index (χ3v) is 5.05. The second-order valence-electron chi connectivity index (χ2n) is 4.04. The molecule has 1 aliphatic heterocycles. The molecule has 5 nitrogen and oxygen atoms in total. The standard InChI is InChI=1S/C11H13ClN2O3S/c1-8-11(15)13-5-6-14(8)18(16,17)10-4-2-3-9(12)7-10/h2-4,7-8H,5-6H2,1H3,(H,13,15). The monoisotopic (exact) mass is 288 g/mol. The van der Waals surface area contributed by atoms with Crippen LogP contribution >= 0.6 is 11.6 Å². The fourth-order valence-corrected chi connectivity index (χ4v) is 3.75. The van der Waals surface area contributed by atoms with Crippen LogP contribution in [0, 0.1) is 0 Å². The topological polar surface area (TPSA) is 66.5 Å². The molecule has 0 spiro atoms. The summed E-state index contributed by atoms with van der Waals surface area (Å²) in [6.45, 7) is 2.15. The van der Waals surface area contributed by atoms with E-state index in [0.29, 0.717) is 11.6 Å². The largest absolute Gasteiger partial charge is 0.353 e.